The van der Waals surface area contributed by atoms with Gasteiger partial charge in [0.15, 0.2) is 0 Å². The molecule has 1 aromatic rings. The summed E-state index contributed by atoms with van der Waals surface area (Å²) in [5.74, 6) is -1.43. The van der Waals surface area contributed by atoms with Gasteiger partial charge in [0.05, 0.1) is 6.61 Å². The van der Waals surface area contributed by atoms with E-state index < -0.39 is 11.8 Å². The molecular weight excluding hydrogens is 269 g/mol. The smallest absolute Gasteiger partial charge is 0.367 e. The lowest BCUT2D eigenvalue weighted by atomic mass is 9.95. The number of anilines is 1. The number of benzene rings is 1. The molecule has 1 aromatic carbocycles. The van der Waals surface area contributed by atoms with Gasteiger partial charge in [-0.05, 0) is 48.6 Å². The molecule has 0 fully saturated rings. The first-order chi connectivity index (χ1) is 9.79. The van der Waals surface area contributed by atoms with Crippen molar-refractivity contribution >= 4 is 17.2 Å². The van der Waals surface area contributed by atoms with Crippen LogP contribution in [0.4, 0.5) is 10.1 Å². The fourth-order valence-corrected chi connectivity index (χ4v) is 2.13. The van der Waals surface area contributed by atoms with Crippen LogP contribution in [0.5, 0.6) is 0 Å². The Kier molecular flexibility index (Phi) is 5.94. The zero-order valence-corrected chi connectivity index (χ0v) is 13.7. The lowest BCUT2D eigenvalue weighted by molar-refractivity contribution is -0.140. The van der Waals surface area contributed by atoms with Crippen LogP contribution in [0.1, 0.15) is 44.7 Å². The monoisotopic (exact) mass is 293 g/mol. The summed E-state index contributed by atoms with van der Waals surface area (Å²) in [5.41, 5.74) is 3.22. The quantitative estimate of drug-likeness (QED) is 0.603. The second-order valence-corrected chi connectivity index (χ2v) is 5.48. The summed E-state index contributed by atoms with van der Waals surface area (Å²) in [6.45, 7) is 7.60. The van der Waals surface area contributed by atoms with Crippen LogP contribution in [0.25, 0.3) is 5.57 Å². The minimum absolute atomic E-state index is 0.163. The summed E-state index contributed by atoms with van der Waals surface area (Å²) in [7, 11) is 3.95. The van der Waals surface area contributed by atoms with Gasteiger partial charge < -0.3 is 9.64 Å². The molecule has 0 aliphatic carbocycles. The van der Waals surface area contributed by atoms with Crippen LogP contribution in [-0.4, -0.2) is 26.7 Å². The average molecular weight is 293 g/mol. The molecule has 0 radical (unpaired) electrons. The van der Waals surface area contributed by atoms with E-state index >= 15 is 0 Å². The first kappa shape index (κ1) is 17.2. The van der Waals surface area contributed by atoms with Crippen molar-refractivity contribution in [2.75, 3.05) is 25.6 Å². The highest BCUT2D eigenvalue weighted by atomic mass is 19.1. The Labute approximate surface area is 126 Å². The zero-order valence-electron chi connectivity index (χ0n) is 13.7. The van der Waals surface area contributed by atoms with Crippen LogP contribution >= 0.6 is 0 Å². The third-order valence-corrected chi connectivity index (χ3v) is 3.35. The summed E-state index contributed by atoms with van der Waals surface area (Å²) in [5, 5.41) is 0. The lowest BCUT2D eigenvalue weighted by Crippen LogP contribution is -2.12. The summed E-state index contributed by atoms with van der Waals surface area (Å²) in [4.78, 5) is 13.5. The number of halogens is 1. The van der Waals surface area contributed by atoms with Gasteiger partial charge in [0.2, 0.25) is 5.83 Å². The number of carbonyl (C=O) groups is 1. The topological polar surface area (TPSA) is 29.5 Å². The maximum atomic E-state index is 14.0. The largest absolute Gasteiger partial charge is 0.461 e. The summed E-state index contributed by atoms with van der Waals surface area (Å²) in [6.07, 6.45) is 0. The summed E-state index contributed by atoms with van der Waals surface area (Å²) in [6, 6.07) is 5.72. The van der Waals surface area contributed by atoms with Crippen molar-refractivity contribution in [2.24, 2.45) is 0 Å². The van der Waals surface area contributed by atoms with Crippen molar-refractivity contribution in [1.82, 2.24) is 0 Å². The van der Waals surface area contributed by atoms with Crippen LogP contribution in [0, 0.1) is 0 Å². The molecule has 0 saturated heterocycles. The van der Waals surface area contributed by atoms with Gasteiger partial charge in [0.25, 0.3) is 0 Å². The normalized spacial score (nSPS) is 12.2. The van der Waals surface area contributed by atoms with Gasteiger partial charge in [-0.25, -0.2) is 4.79 Å². The van der Waals surface area contributed by atoms with Crippen LogP contribution in [0.3, 0.4) is 0 Å². The Morgan fingerprint density at radius 2 is 1.95 bits per heavy atom. The number of allylic oxidation sites excluding steroid dienone is 1. The number of carbonyl (C=O) groups excluding carboxylic acids is 1. The van der Waals surface area contributed by atoms with Crippen molar-refractivity contribution in [3.63, 3.8) is 0 Å². The molecule has 0 aliphatic rings. The molecule has 1 rings (SSSR count). The van der Waals surface area contributed by atoms with Crippen molar-refractivity contribution in [3.05, 3.63) is 35.2 Å². The summed E-state index contributed by atoms with van der Waals surface area (Å²) < 4.78 is 18.8. The Morgan fingerprint density at radius 3 is 2.43 bits per heavy atom. The highest BCUT2D eigenvalue weighted by Crippen LogP contribution is 2.31. The predicted molar refractivity (Wildman–Crippen MR) is 85.2 cm³/mol. The van der Waals surface area contributed by atoms with Crippen LogP contribution < -0.4 is 4.90 Å². The first-order valence-corrected chi connectivity index (χ1v) is 7.14. The second-order valence-electron chi connectivity index (χ2n) is 5.48. The third kappa shape index (κ3) is 4.06. The summed E-state index contributed by atoms with van der Waals surface area (Å²) >= 11 is 0. The average Bonchev–Trinajstić information content (AvgIpc) is 2.45. The molecule has 3 nitrogen and oxygen atoms in total. The van der Waals surface area contributed by atoms with E-state index in [0.29, 0.717) is 17.1 Å². The van der Waals surface area contributed by atoms with Crippen molar-refractivity contribution in [2.45, 2.75) is 33.6 Å². The van der Waals surface area contributed by atoms with Crippen LogP contribution in [0.15, 0.2) is 24.0 Å². The molecule has 0 saturated carbocycles. The van der Waals surface area contributed by atoms with E-state index in [9.17, 15) is 9.18 Å². The molecule has 0 aromatic heterocycles. The number of esters is 1. The fraction of sp³-hybridized carbons (Fsp3) is 0.471. The molecule has 21 heavy (non-hydrogen) atoms. The number of ether oxygens (including phenoxy) is 1. The van der Waals surface area contributed by atoms with E-state index in [1.165, 1.54) is 0 Å². The number of hydrogen-bond acceptors (Lipinski definition) is 3. The van der Waals surface area contributed by atoms with Crippen molar-refractivity contribution in [1.29, 1.82) is 0 Å². The van der Waals surface area contributed by atoms with Gasteiger partial charge in [-0.1, -0.05) is 19.9 Å². The predicted octanol–water partition coefficient (Wildman–Crippen LogP) is 4.14. The van der Waals surface area contributed by atoms with Gasteiger partial charge in [-0.2, -0.15) is 4.39 Å². The van der Waals surface area contributed by atoms with E-state index in [4.69, 9.17) is 4.74 Å². The maximum Gasteiger partial charge on any atom is 0.367 e. The van der Waals surface area contributed by atoms with Crippen molar-refractivity contribution < 1.29 is 13.9 Å². The van der Waals surface area contributed by atoms with E-state index in [1.54, 1.807) is 13.8 Å². The molecule has 0 atom stereocenters. The van der Waals surface area contributed by atoms with E-state index in [0.717, 1.165) is 11.3 Å². The molecule has 0 spiro atoms. The molecule has 0 unspecified atom stereocenters. The molecule has 4 heteroatoms. The Bertz CT molecular complexity index is 548. The first-order valence-electron chi connectivity index (χ1n) is 7.14. The minimum Gasteiger partial charge on any atom is -0.461 e. The third-order valence-electron chi connectivity index (χ3n) is 3.35. The highest BCUT2D eigenvalue weighted by molar-refractivity contribution is 5.95. The minimum atomic E-state index is -0.905. The Morgan fingerprint density at radius 1 is 1.33 bits per heavy atom. The SMILES string of the molecule is CCOC(=O)C(F)=C(C)c1ccc(N(C)C)c(C(C)C)c1. The Hall–Kier alpha value is -1.84. The molecule has 0 amide bonds. The lowest BCUT2D eigenvalue weighted by Gasteiger charge is -2.21. The van der Waals surface area contributed by atoms with Crippen LogP contribution in [-0.2, 0) is 9.53 Å². The Balaban J connectivity index is 3.29. The molecule has 116 valence electrons. The molecule has 0 N–H and O–H groups in total. The van der Waals surface area contributed by atoms with Gasteiger partial charge in [0.1, 0.15) is 0 Å². The molecule has 0 aliphatic heterocycles. The number of rotatable bonds is 5. The number of hydrogen-bond donors (Lipinski definition) is 0. The van der Waals surface area contributed by atoms with Gasteiger partial charge in [0, 0.05) is 19.8 Å². The second kappa shape index (κ2) is 7.25. The van der Waals surface area contributed by atoms with Gasteiger partial charge in [-0.3, -0.25) is 0 Å². The van der Waals surface area contributed by atoms with E-state index in [1.807, 2.05) is 37.2 Å². The van der Waals surface area contributed by atoms with Crippen LogP contribution in [0.2, 0.25) is 0 Å². The fourth-order valence-electron chi connectivity index (χ4n) is 2.13. The standard InChI is InChI=1S/C17H24FNO2/c1-7-21-17(20)16(18)12(4)13-8-9-15(19(5)6)14(10-13)11(2)3/h8-11H,7H2,1-6H3. The molecule has 0 bridgehead atoms. The van der Waals surface area contributed by atoms with Crippen molar-refractivity contribution in [3.8, 4) is 0 Å². The van der Waals surface area contributed by atoms with E-state index in [-0.39, 0.29) is 6.61 Å². The van der Waals surface area contributed by atoms with Gasteiger partial charge >= 0.3 is 5.97 Å². The molecular formula is C17H24FNO2. The highest BCUT2D eigenvalue weighted by Gasteiger charge is 2.17. The zero-order chi connectivity index (χ0) is 16.2. The maximum absolute atomic E-state index is 14.0. The van der Waals surface area contributed by atoms with E-state index in [2.05, 4.69) is 13.8 Å². The molecule has 0 heterocycles. The van der Waals surface area contributed by atoms with Gasteiger partial charge in [-0.15, -0.1) is 0 Å². The number of nitrogens with zero attached hydrogens (tertiary/aromatic N) is 1.